The third-order valence-corrected chi connectivity index (χ3v) is 4.22. The van der Waals surface area contributed by atoms with Gasteiger partial charge < -0.3 is 9.26 Å². The highest BCUT2D eigenvalue weighted by Crippen LogP contribution is 2.24. The lowest BCUT2D eigenvalue weighted by Crippen LogP contribution is -2.30. The number of halogens is 1. The molecule has 3 heterocycles. The summed E-state index contributed by atoms with van der Waals surface area (Å²) in [6.07, 6.45) is 4.78. The van der Waals surface area contributed by atoms with Gasteiger partial charge in [0.2, 0.25) is 11.7 Å². The van der Waals surface area contributed by atoms with E-state index in [0.717, 1.165) is 10.0 Å². The van der Waals surface area contributed by atoms with Crippen molar-refractivity contribution < 1.29 is 14.1 Å². The maximum absolute atomic E-state index is 12.6. The Morgan fingerprint density at radius 1 is 1.03 bits per heavy atom. The molecule has 0 bridgehead atoms. The van der Waals surface area contributed by atoms with E-state index in [1.54, 1.807) is 48.8 Å². The third-order valence-electron chi connectivity index (χ3n) is 3.69. The molecule has 0 fully saturated rings. The van der Waals surface area contributed by atoms with Crippen LogP contribution in [0.25, 0.3) is 11.4 Å². The standard InChI is InChI=1S/C19H13BrN6O3/c20-13-3-5-14(6-4-13)28-18-15(2-1-9-22-18)17(27)24-25-19-23-16(26-29-19)12-7-10-21-11-8-12/h1-11H,(H,24,27)(H,23,25,26). The fourth-order valence-electron chi connectivity index (χ4n) is 2.33. The zero-order valence-electron chi connectivity index (χ0n) is 14.7. The van der Waals surface area contributed by atoms with Crippen LogP contribution < -0.4 is 15.6 Å². The van der Waals surface area contributed by atoms with Crippen LogP contribution in [0.2, 0.25) is 0 Å². The van der Waals surface area contributed by atoms with Gasteiger partial charge in [-0.25, -0.2) is 10.4 Å². The van der Waals surface area contributed by atoms with E-state index in [0.29, 0.717) is 11.6 Å². The molecule has 29 heavy (non-hydrogen) atoms. The molecule has 10 heteroatoms. The normalized spacial score (nSPS) is 10.4. The minimum Gasteiger partial charge on any atom is -0.438 e. The van der Waals surface area contributed by atoms with E-state index in [4.69, 9.17) is 9.26 Å². The number of hydrogen-bond acceptors (Lipinski definition) is 8. The monoisotopic (exact) mass is 452 g/mol. The first kappa shape index (κ1) is 18.6. The van der Waals surface area contributed by atoms with Crippen LogP contribution in [0.15, 0.2) is 76.1 Å². The molecule has 4 rings (SSSR count). The van der Waals surface area contributed by atoms with E-state index < -0.39 is 5.91 Å². The van der Waals surface area contributed by atoms with Crippen LogP contribution in [-0.4, -0.2) is 26.0 Å². The molecule has 9 nitrogen and oxygen atoms in total. The van der Waals surface area contributed by atoms with Crippen molar-refractivity contribution in [3.63, 3.8) is 0 Å². The Kier molecular flexibility index (Phi) is 5.43. The van der Waals surface area contributed by atoms with Gasteiger partial charge in [-0.1, -0.05) is 21.1 Å². The molecule has 0 radical (unpaired) electrons. The summed E-state index contributed by atoms with van der Waals surface area (Å²) in [5, 5.41) is 3.85. The maximum Gasteiger partial charge on any atom is 0.340 e. The van der Waals surface area contributed by atoms with E-state index >= 15 is 0 Å². The predicted octanol–water partition coefficient (Wildman–Crippen LogP) is 3.84. The second-order valence-corrected chi connectivity index (χ2v) is 6.57. The Bertz CT molecular complexity index is 1120. The first-order valence-electron chi connectivity index (χ1n) is 8.38. The lowest BCUT2D eigenvalue weighted by molar-refractivity contribution is 0.0958. The molecular formula is C19H13BrN6O3. The number of hydrogen-bond donors (Lipinski definition) is 2. The van der Waals surface area contributed by atoms with Crippen molar-refractivity contribution in [2.24, 2.45) is 0 Å². The number of carbonyl (C=O) groups is 1. The Morgan fingerprint density at radius 3 is 2.62 bits per heavy atom. The second kappa shape index (κ2) is 8.48. The number of pyridine rings is 2. The summed E-state index contributed by atoms with van der Waals surface area (Å²) in [5.41, 5.74) is 6.05. The molecule has 1 amide bonds. The topological polar surface area (TPSA) is 115 Å². The number of benzene rings is 1. The van der Waals surface area contributed by atoms with Crippen LogP contribution in [0.5, 0.6) is 11.6 Å². The number of aromatic nitrogens is 4. The highest BCUT2D eigenvalue weighted by Gasteiger charge is 2.15. The van der Waals surface area contributed by atoms with Crippen LogP contribution in [0.3, 0.4) is 0 Å². The molecule has 0 atom stereocenters. The van der Waals surface area contributed by atoms with Gasteiger partial charge in [0.25, 0.3) is 5.91 Å². The zero-order chi connectivity index (χ0) is 20.1. The largest absolute Gasteiger partial charge is 0.438 e. The van der Waals surface area contributed by atoms with Crippen molar-refractivity contribution in [1.82, 2.24) is 25.5 Å². The highest BCUT2D eigenvalue weighted by molar-refractivity contribution is 9.10. The number of amides is 1. The van der Waals surface area contributed by atoms with Gasteiger partial charge in [0, 0.05) is 28.6 Å². The molecular weight excluding hydrogens is 440 g/mol. The summed E-state index contributed by atoms with van der Waals surface area (Å²) >= 11 is 3.36. The SMILES string of the molecule is O=C(NNc1nc(-c2ccncc2)no1)c1cccnc1Oc1ccc(Br)cc1. The van der Waals surface area contributed by atoms with Crippen molar-refractivity contribution in [3.8, 4) is 23.0 Å². The first-order chi connectivity index (χ1) is 14.2. The fourth-order valence-corrected chi connectivity index (χ4v) is 2.59. The summed E-state index contributed by atoms with van der Waals surface area (Å²) in [6.45, 7) is 0. The summed E-state index contributed by atoms with van der Waals surface area (Å²) in [7, 11) is 0. The third kappa shape index (κ3) is 4.55. The van der Waals surface area contributed by atoms with Crippen molar-refractivity contribution in [2.75, 3.05) is 5.43 Å². The molecule has 0 aliphatic heterocycles. The molecule has 0 aliphatic carbocycles. The Balaban J connectivity index is 1.44. The number of nitrogens with zero attached hydrogens (tertiary/aromatic N) is 4. The van der Waals surface area contributed by atoms with Gasteiger partial charge in [-0.3, -0.25) is 15.2 Å². The number of anilines is 1. The number of nitrogens with one attached hydrogen (secondary N) is 2. The zero-order valence-corrected chi connectivity index (χ0v) is 16.3. The molecule has 0 spiro atoms. The van der Waals surface area contributed by atoms with Gasteiger partial charge >= 0.3 is 6.01 Å². The predicted molar refractivity (Wildman–Crippen MR) is 107 cm³/mol. The van der Waals surface area contributed by atoms with E-state index in [2.05, 4.69) is 46.9 Å². The number of ether oxygens (including phenoxy) is 1. The van der Waals surface area contributed by atoms with E-state index in [1.165, 1.54) is 6.20 Å². The van der Waals surface area contributed by atoms with Gasteiger partial charge in [0.1, 0.15) is 11.3 Å². The average Bonchev–Trinajstić information content (AvgIpc) is 3.24. The Morgan fingerprint density at radius 2 is 1.83 bits per heavy atom. The van der Waals surface area contributed by atoms with Crippen molar-refractivity contribution in [3.05, 3.63) is 77.2 Å². The van der Waals surface area contributed by atoms with Gasteiger partial charge in [-0.15, -0.1) is 0 Å². The lowest BCUT2D eigenvalue weighted by atomic mass is 10.2. The smallest absolute Gasteiger partial charge is 0.340 e. The minimum atomic E-state index is -0.478. The van der Waals surface area contributed by atoms with E-state index in [1.807, 2.05) is 12.1 Å². The molecule has 0 aliphatic rings. The van der Waals surface area contributed by atoms with Crippen LogP contribution in [0, 0.1) is 0 Å². The number of carbonyl (C=O) groups excluding carboxylic acids is 1. The summed E-state index contributed by atoms with van der Waals surface area (Å²) in [4.78, 5) is 24.8. The van der Waals surface area contributed by atoms with E-state index in [9.17, 15) is 4.79 Å². The first-order valence-corrected chi connectivity index (χ1v) is 9.17. The summed E-state index contributed by atoms with van der Waals surface area (Å²) < 4.78 is 11.7. The van der Waals surface area contributed by atoms with Crippen molar-refractivity contribution in [2.45, 2.75) is 0 Å². The molecule has 4 aromatic rings. The van der Waals surface area contributed by atoms with E-state index in [-0.39, 0.29) is 17.5 Å². The molecule has 144 valence electrons. The van der Waals surface area contributed by atoms with Crippen molar-refractivity contribution >= 4 is 27.9 Å². The Labute approximate surface area is 173 Å². The molecule has 0 saturated carbocycles. The van der Waals surface area contributed by atoms with Gasteiger partial charge in [-0.2, -0.15) is 4.98 Å². The second-order valence-electron chi connectivity index (χ2n) is 5.65. The van der Waals surface area contributed by atoms with Gasteiger partial charge in [-0.05, 0) is 48.5 Å². The number of rotatable bonds is 6. The van der Waals surface area contributed by atoms with Crippen LogP contribution in [0.4, 0.5) is 6.01 Å². The maximum atomic E-state index is 12.6. The Hall–Kier alpha value is -3.79. The highest BCUT2D eigenvalue weighted by atomic mass is 79.9. The molecule has 0 saturated heterocycles. The van der Waals surface area contributed by atoms with Crippen molar-refractivity contribution in [1.29, 1.82) is 0 Å². The average molecular weight is 453 g/mol. The van der Waals surface area contributed by atoms with Crippen LogP contribution >= 0.6 is 15.9 Å². The lowest BCUT2D eigenvalue weighted by Gasteiger charge is -2.10. The molecule has 1 aromatic carbocycles. The van der Waals surface area contributed by atoms with Crippen LogP contribution in [-0.2, 0) is 0 Å². The molecule has 2 N–H and O–H groups in total. The summed E-state index contributed by atoms with van der Waals surface area (Å²) in [6, 6.07) is 13.9. The molecule has 3 aromatic heterocycles. The molecule has 0 unspecified atom stereocenters. The quantitative estimate of drug-likeness (QED) is 0.424. The summed E-state index contributed by atoms with van der Waals surface area (Å²) in [5.74, 6) is 0.601. The fraction of sp³-hybridized carbons (Fsp3) is 0. The van der Waals surface area contributed by atoms with Crippen LogP contribution in [0.1, 0.15) is 10.4 Å². The number of hydrazine groups is 1. The minimum absolute atomic E-state index is 0.0319. The van der Waals surface area contributed by atoms with Gasteiger partial charge in [0.05, 0.1) is 0 Å². The van der Waals surface area contributed by atoms with Gasteiger partial charge in [0.15, 0.2) is 0 Å².